The predicted octanol–water partition coefficient (Wildman–Crippen LogP) is 3.08. The SMILES string of the molecule is CC1(O)CCCN(Cc2ccc(Cl)cc2)CC1. The number of benzene rings is 1. The van der Waals surface area contributed by atoms with Gasteiger partial charge in [-0.3, -0.25) is 4.90 Å². The summed E-state index contributed by atoms with van der Waals surface area (Å²) in [6.07, 6.45) is 2.84. The summed E-state index contributed by atoms with van der Waals surface area (Å²) in [4.78, 5) is 2.41. The Labute approximate surface area is 108 Å². The van der Waals surface area contributed by atoms with Crippen molar-refractivity contribution >= 4 is 11.6 Å². The zero-order valence-electron chi connectivity index (χ0n) is 10.3. The Morgan fingerprint density at radius 1 is 1.24 bits per heavy atom. The summed E-state index contributed by atoms with van der Waals surface area (Å²) >= 11 is 5.87. The van der Waals surface area contributed by atoms with Crippen LogP contribution in [0.2, 0.25) is 5.02 Å². The minimum absolute atomic E-state index is 0.477. The van der Waals surface area contributed by atoms with Gasteiger partial charge in [0, 0.05) is 18.1 Å². The van der Waals surface area contributed by atoms with Crippen LogP contribution in [-0.2, 0) is 6.54 Å². The van der Waals surface area contributed by atoms with E-state index in [1.165, 1.54) is 5.56 Å². The van der Waals surface area contributed by atoms with Gasteiger partial charge in [0.25, 0.3) is 0 Å². The number of likely N-dealkylation sites (tertiary alicyclic amines) is 1. The highest BCUT2D eigenvalue weighted by Crippen LogP contribution is 2.22. The Morgan fingerprint density at radius 3 is 2.65 bits per heavy atom. The number of aliphatic hydroxyl groups is 1. The number of halogens is 1. The summed E-state index contributed by atoms with van der Waals surface area (Å²) < 4.78 is 0. The molecule has 0 spiro atoms. The Bertz CT molecular complexity index is 361. The van der Waals surface area contributed by atoms with Gasteiger partial charge in [0.2, 0.25) is 0 Å². The molecule has 1 fully saturated rings. The first kappa shape index (κ1) is 12.9. The van der Waals surface area contributed by atoms with E-state index in [1.807, 2.05) is 19.1 Å². The highest BCUT2D eigenvalue weighted by molar-refractivity contribution is 6.30. The Morgan fingerprint density at radius 2 is 1.94 bits per heavy atom. The molecule has 0 saturated carbocycles. The fraction of sp³-hybridized carbons (Fsp3) is 0.571. The van der Waals surface area contributed by atoms with Crippen LogP contribution in [-0.4, -0.2) is 28.7 Å². The lowest BCUT2D eigenvalue weighted by atomic mass is 9.98. The zero-order chi connectivity index (χ0) is 12.3. The van der Waals surface area contributed by atoms with E-state index in [-0.39, 0.29) is 0 Å². The molecule has 1 aromatic carbocycles. The number of nitrogens with zero attached hydrogens (tertiary/aromatic N) is 1. The van der Waals surface area contributed by atoms with Crippen LogP contribution in [0.15, 0.2) is 24.3 Å². The van der Waals surface area contributed by atoms with E-state index >= 15 is 0 Å². The van der Waals surface area contributed by atoms with Gasteiger partial charge in [-0.05, 0) is 50.4 Å². The monoisotopic (exact) mass is 253 g/mol. The molecule has 1 saturated heterocycles. The zero-order valence-corrected chi connectivity index (χ0v) is 11.1. The maximum absolute atomic E-state index is 10.0. The molecule has 1 aliphatic heterocycles. The second kappa shape index (κ2) is 5.38. The third-order valence-corrected chi connectivity index (χ3v) is 3.73. The fourth-order valence-corrected chi connectivity index (χ4v) is 2.45. The number of hydrogen-bond acceptors (Lipinski definition) is 2. The van der Waals surface area contributed by atoms with Crippen LogP contribution in [0.5, 0.6) is 0 Å². The lowest BCUT2D eigenvalue weighted by Crippen LogP contribution is -2.28. The smallest absolute Gasteiger partial charge is 0.0632 e. The standard InChI is InChI=1S/C14H20ClNO/c1-14(17)7-2-9-16(10-8-14)11-12-3-5-13(15)6-4-12/h3-6,17H,2,7-11H2,1H3. The molecule has 2 nitrogen and oxygen atoms in total. The van der Waals surface area contributed by atoms with Crippen molar-refractivity contribution < 1.29 is 5.11 Å². The van der Waals surface area contributed by atoms with Crippen molar-refractivity contribution in [1.82, 2.24) is 4.90 Å². The summed E-state index contributed by atoms with van der Waals surface area (Å²) in [6.45, 7) is 4.93. The molecule has 1 aliphatic rings. The molecule has 0 radical (unpaired) electrons. The molecule has 3 heteroatoms. The molecule has 0 amide bonds. The molecule has 0 aromatic heterocycles. The van der Waals surface area contributed by atoms with Gasteiger partial charge < -0.3 is 5.11 Å². The Balaban J connectivity index is 1.93. The summed E-state index contributed by atoms with van der Waals surface area (Å²) in [6, 6.07) is 8.02. The van der Waals surface area contributed by atoms with Gasteiger partial charge in [-0.25, -0.2) is 0 Å². The highest BCUT2D eigenvalue weighted by atomic mass is 35.5. The molecule has 0 aliphatic carbocycles. The summed E-state index contributed by atoms with van der Waals surface area (Å²) in [7, 11) is 0. The minimum atomic E-state index is -0.477. The van der Waals surface area contributed by atoms with E-state index in [0.29, 0.717) is 0 Å². The van der Waals surface area contributed by atoms with E-state index < -0.39 is 5.60 Å². The van der Waals surface area contributed by atoms with Crippen LogP contribution in [0.25, 0.3) is 0 Å². The Kier molecular flexibility index (Phi) is 4.08. The van der Waals surface area contributed by atoms with Crippen LogP contribution < -0.4 is 0 Å². The van der Waals surface area contributed by atoms with Crippen molar-refractivity contribution in [2.24, 2.45) is 0 Å². The van der Waals surface area contributed by atoms with Crippen molar-refractivity contribution in [3.63, 3.8) is 0 Å². The van der Waals surface area contributed by atoms with Gasteiger partial charge in [0.1, 0.15) is 0 Å². The lowest BCUT2D eigenvalue weighted by molar-refractivity contribution is 0.0444. The topological polar surface area (TPSA) is 23.5 Å². The molecule has 1 heterocycles. The number of hydrogen-bond donors (Lipinski definition) is 1. The maximum Gasteiger partial charge on any atom is 0.0632 e. The quantitative estimate of drug-likeness (QED) is 0.876. The van der Waals surface area contributed by atoms with Crippen LogP contribution in [0.3, 0.4) is 0 Å². The van der Waals surface area contributed by atoms with Crippen LogP contribution in [0, 0.1) is 0 Å². The van der Waals surface area contributed by atoms with Crippen LogP contribution in [0.1, 0.15) is 31.7 Å². The van der Waals surface area contributed by atoms with Gasteiger partial charge in [0.05, 0.1) is 5.60 Å². The number of rotatable bonds is 2. The molecule has 1 N–H and O–H groups in total. The molecule has 0 bridgehead atoms. The van der Waals surface area contributed by atoms with Crippen LogP contribution >= 0.6 is 11.6 Å². The van der Waals surface area contributed by atoms with Gasteiger partial charge in [-0.15, -0.1) is 0 Å². The molecule has 1 unspecified atom stereocenters. The molecule has 2 rings (SSSR count). The maximum atomic E-state index is 10.0. The first-order valence-corrected chi connectivity index (χ1v) is 6.62. The first-order valence-electron chi connectivity index (χ1n) is 6.24. The van der Waals surface area contributed by atoms with Crippen molar-refractivity contribution in [2.45, 2.75) is 38.3 Å². The summed E-state index contributed by atoms with van der Waals surface area (Å²) in [5, 5.41) is 10.8. The van der Waals surface area contributed by atoms with Gasteiger partial charge in [-0.2, -0.15) is 0 Å². The first-order chi connectivity index (χ1) is 8.05. The average Bonchev–Trinajstić information content (AvgIpc) is 2.44. The summed E-state index contributed by atoms with van der Waals surface area (Å²) in [5.41, 5.74) is 0.810. The third kappa shape index (κ3) is 3.98. The second-order valence-electron chi connectivity index (χ2n) is 5.25. The molecule has 94 valence electrons. The van der Waals surface area contributed by atoms with Gasteiger partial charge in [-0.1, -0.05) is 23.7 Å². The van der Waals surface area contributed by atoms with Gasteiger partial charge in [0.15, 0.2) is 0 Å². The van der Waals surface area contributed by atoms with Gasteiger partial charge >= 0.3 is 0 Å². The van der Waals surface area contributed by atoms with E-state index in [0.717, 1.165) is 43.9 Å². The molecule has 1 atom stereocenters. The van der Waals surface area contributed by atoms with Crippen LogP contribution in [0.4, 0.5) is 0 Å². The van der Waals surface area contributed by atoms with Crippen molar-refractivity contribution in [2.75, 3.05) is 13.1 Å². The predicted molar refractivity (Wildman–Crippen MR) is 71.2 cm³/mol. The van der Waals surface area contributed by atoms with E-state index in [2.05, 4.69) is 17.0 Å². The normalized spacial score (nSPS) is 26.8. The highest BCUT2D eigenvalue weighted by Gasteiger charge is 2.24. The summed E-state index contributed by atoms with van der Waals surface area (Å²) in [5.74, 6) is 0. The van der Waals surface area contributed by atoms with Crippen molar-refractivity contribution in [1.29, 1.82) is 0 Å². The van der Waals surface area contributed by atoms with E-state index in [1.54, 1.807) is 0 Å². The Hall–Kier alpha value is -0.570. The third-order valence-electron chi connectivity index (χ3n) is 3.48. The van der Waals surface area contributed by atoms with E-state index in [9.17, 15) is 5.11 Å². The van der Waals surface area contributed by atoms with Crippen molar-refractivity contribution in [3.05, 3.63) is 34.9 Å². The fourth-order valence-electron chi connectivity index (χ4n) is 2.33. The van der Waals surface area contributed by atoms with Crippen molar-refractivity contribution in [3.8, 4) is 0 Å². The average molecular weight is 254 g/mol. The van der Waals surface area contributed by atoms with E-state index in [4.69, 9.17) is 11.6 Å². The lowest BCUT2D eigenvalue weighted by Gasteiger charge is -2.22. The molecular weight excluding hydrogens is 234 g/mol. The second-order valence-corrected chi connectivity index (χ2v) is 5.69. The molecular formula is C14H20ClNO. The molecule has 17 heavy (non-hydrogen) atoms. The largest absolute Gasteiger partial charge is 0.390 e. The molecule has 1 aromatic rings. The minimum Gasteiger partial charge on any atom is -0.390 e.